The number of benzene rings is 2. The first kappa shape index (κ1) is 30.0. The molecular formula is C28H38N6O6S. The molecule has 0 unspecified atom stereocenters. The van der Waals surface area contributed by atoms with Crippen molar-refractivity contribution in [2.45, 2.75) is 44.1 Å². The summed E-state index contributed by atoms with van der Waals surface area (Å²) in [5.41, 5.74) is 6.56. The third-order valence-corrected chi connectivity index (χ3v) is 7.75. The maximum atomic E-state index is 13.2. The molecule has 222 valence electrons. The molecule has 0 aliphatic heterocycles. The lowest BCUT2D eigenvalue weighted by molar-refractivity contribution is 0.292. The Morgan fingerprint density at radius 2 is 1.51 bits per heavy atom. The molecular weight excluding hydrogens is 548 g/mol. The highest BCUT2D eigenvalue weighted by molar-refractivity contribution is 7.92. The molecule has 0 spiro atoms. The number of unbranched alkanes of at least 4 members (excludes halogenated alkanes) is 3. The molecule has 12 nitrogen and oxygen atoms in total. The number of hydrogen-bond acceptors (Lipinski definition) is 8. The predicted molar refractivity (Wildman–Crippen MR) is 157 cm³/mol. The normalized spacial score (nSPS) is 11.6. The van der Waals surface area contributed by atoms with Gasteiger partial charge >= 0.3 is 5.69 Å². The van der Waals surface area contributed by atoms with E-state index >= 15 is 0 Å². The highest BCUT2D eigenvalue weighted by Gasteiger charge is 2.22. The van der Waals surface area contributed by atoms with Gasteiger partial charge in [-0.2, -0.15) is 8.42 Å². The number of aromatic nitrogens is 4. The molecule has 13 heteroatoms. The molecule has 0 atom stereocenters. The maximum Gasteiger partial charge on any atom is 0.328 e. The number of fused-ring (bicyclic) bond motifs is 1. The van der Waals surface area contributed by atoms with Crippen LogP contribution in [0.15, 0.2) is 52.7 Å². The second kappa shape index (κ2) is 13.1. The van der Waals surface area contributed by atoms with Gasteiger partial charge in [0, 0.05) is 51.6 Å². The van der Waals surface area contributed by atoms with Gasteiger partial charge in [-0.3, -0.25) is 13.9 Å². The first-order valence-corrected chi connectivity index (χ1v) is 15.1. The molecule has 0 saturated carbocycles. The Kier molecular flexibility index (Phi) is 9.61. The van der Waals surface area contributed by atoms with E-state index < -0.39 is 10.0 Å². The van der Waals surface area contributed by atoms with E-state index in [2.05, 4.69) is 9.71 Å². The number of aryl methyl sites for hydroxylation is 3. The molecule has 2 aromatic carbocycles. The molecule has 4 aromatic rings. The van der Waals surface area contributed by atoms with Gasteiger partial charge in [0.15, 0.2) is 10.8 Å². The second-order valence-electron chi connectivity index (χ2n) is 9.86. The van der Waals surface area contributed by atoms with E-state index in [1.807, 2.05) is 6.92 Å². The number of imidazole rings is 2. The summed E-state index contributed by atoms with van der Waals surface area (Å²) in [6.07, 6.45) is 7.56. The fourth-order valence-electron chi connectivity index (χ4n) is 4.32. The fourth-order valence-corrected chi connectivity index (χ4v) is 5.37. The molecule has 2 aromatic heterocycles. The first-order valence-electron chi connectivity index (χ1n) is 13.6. The molecule has 0 aliphatic carbocycles. The fraction of sp³-hybridized carbons (Fsp3) is 0.429. The molecule has 4 rings (SSSR count). The van der Waals surface area contributed by atoms with Crippen LogP contribution in [-0.4, -0.2) is 46.9 Å². The number of hydrogen-bond donors (Lipinski definition) is 2. The van der Waals surface area contributed by atoms with Gasteiger partial charge in [0.25, 0.3) is 10.0 Å². The lowest BCUT2D eigenvalue weighted by atomic mass is 10.2. The quantitative estimate of drug-likeness (QED) is 0.200. The first-order chi connectivity index (χ1) is 19.6. The summed E-state index contributed by atoms with van der Waals surface area (Å²) < 4.78 is 51.6. The van der Waals surface area contributed by atoms with Crippen LogP contribution in [0.25, 0.3) is 11.0 Å². The van der Waals surface area contributed by atoms with Crippen molar-refractivity contribution in [3.63, 3.8) is 0 Å². The lowest BCUT2D eigenvalue weighted by Gasteiger charge is -2.16. The summed E-state index contributed by atoms with van der Waals surface area (Å²) in [7, 11) is 0.890. The SMILES string of the molecule is CCCOc1cc(OCCCCCCN)cc(Oc2cc3c(cc2NS(=O)(=O)c2cn(C)cn2)n(C)c(=O)n3C)c1. The van der Waals surface area contributed by atoms with Crippen molar-refractivity contribution in [2.24, 2.45) is 26.9 Å². The minimum atomic E-state index is -4.06. The van der Waals surface area contributed by atoms with Crippen LogP contribution in [0.1, 0.15) is 39.0 Å². The molecule has 0 amide bonds. The van der Waals surface area contributed by atoms with Crippen LogP contribution in [0.3, 0.4) is 0 Å². The third kappa shape index (κ3) is 7.22. The van der Waals surface area contributed by atoms with Crippen LogP contribution >= 0.6 is 0 Å². The highest BCUT2D eigenvalue weighted by atomic mass is 32.2. The zero-order chi connectivity index (χ0) is 29.6. The zero-order valence-electron chi connectivity index (χ0n) is 23.9. The van der Waals surface area contributed by atoms with Gasteiger partial charge in [0.1, 0.15) is 17.2 Å². The average molecular weight is 587 g/mol. The number of anilines is 1. The Morgan fingerprint density at radius 1 is 0.878 bits per heavy atom. The summed E-state index contributed by atoms with van der Waals surface area (Å²) in [4.78, 5) is 16.6. The van der Waals surface area contributed by atoms with Gasteiger partial charge in [0.05, 0.1) is 36.3 Å². The molecule has 3 N–H and O–H groups in total. The zero-order valence-corrected chi connectivity index (χ0v) is 24.7. The van der Waals surface area contributed by atoms with E-state index in [-0.39, 0.29) is 22.2 Å². The largest absolute Gasteiger partial charge is 0.493 e. The Bertz CT molecular complexity index is 1660. The highest BCUT2D eigenvalue weighted by Crippen LogP contribution is 2.37. The van der Waals surface area contributed by atoms with Crippen molar-refractivity contribution in [3.05, 3.63) is 53.3 Å². The number of nitrogens with zero attached hydrogens (tertiary/aromatic N) is 4. The lowest BCUT2D eigenvalue weighted by Crippen LogP contribution is -2.19. The maximum absolute atomic E-state index is 13.2. The van der Waals surface area contributed by atoms with Crippen molar-refractivity contribution in [2.75, 3.05) is 24.5 Å². The van der Waals surface area contributed by atoms with Crippen LogP contribution in [0.2, 0.25) is 0 Å². The van der Waals surface area contributed by atoms with E-state index in [1.165, 1.54) is 26.2 Å². The Hall–Kier alpha value is -3.97. The molecule has 0 bridgehead atoms. The van der Waals surface area contributed by atoms with Crippen molar-refractivity contribution in [1.82, 2.24) is 18.7 Å². The van der Waals surface area contributed by atoms with E-state index in [1.54, 1.807) is 51.5 Å². The molecule has 0 aliphatic rings. The summed E-state index contributed by atoms with van der Waals surface area (Å²) >= 11 is 0. The van der Waals surface area contributed by atoms with Crippen LogP contribution in [0.4, 0.5) is 5.69 Å². The van der Waals surface area contributed by atoms with E-state index in [9.17, 15) is 13.2 Å². The van der Waals surface area contributed by atoms with E-state index in [0.29, 0.717) is 48.0 Å². The third-order valence-electron chi connectivity index (χ3n) is 6.50. The molecule has 0 saturated heterocycles. The van der Waals surface area contributed by atoms with Gasteiger partial charge in [0.2, 0.25) is 0 Å². The Labute approximate surface area is 239 Å². The number of rotatable bonds is 15. The van der Waals surface area contributed by atoms with Crippen molar-refractivity contribution in [1.29, 1.82) is 0 Å². The average Bonchev–Trinajstić information content (AvgIpc) is 3.47. The number of nitrogens with two attached hydrogens (primary N) is 1. The van der Waals surface area contributed by atoms with E-state index in [4.69, 9.17) is 19.9 Å². The molecule has 0 fully saturated rings. The van der Waals surface area contributed by atoms with Crippen LogP contribution in [0, 0.1) is 0 Å². The van der Waals surface area contributed by atoms with Gasteiger partial charge in [-0.25, -0.2) is 9.78 Å². The predicted octanol–water partition coefficient (Wildman–Crippen LogP) is 3.89. The van der Waals surface area contributed by atoms with Crippen LogP contribution in [0.5, 0.6) is 23.0 Å². The summed E-state index contributed by atoms with van der Waals surface area (Å²) in [5.74, 6) is 1.71. The second-order valence-corrected chi connectivity index (χ2v) is 11.5. The molecule has 41 heavy (non-hydrogen) atoms. The van der Waals surface area contributed by atoms with Crippen molar-refractivity contribution < 1.29 is 22.6 Å². The topological polar surface area (TPSA) is 145 Å². The monoisotopic (exact) mass is 586 g/mol. The van der Waals surface area contributed by atoms with Crippen molar-refractivity contribution in [3.8, 4) is 23.0 Å². The van der Waals surface area contributed by atoms with Crippen LogP contribution in [-0.2, 0) is 31.2 Å². The van der Waals surface area contributed by atoms with E-state index in [0.717, 1.165) is 32.1 Å². The number of sulfonamides is 1. The minimum Gasteiger partial charge on any atom is -0.493 e. The number of nitrogens with one attached hydrogen (secondary N) is 1. The molecule has 2 heterocycles. The van der Waals surface area contributed by atoms with Gasteiger partial charge in [-0.15, -0.1) is 0 Å². The van der Waals surface area contributed by atoms with Crippen LogP contribution < -0.4 is 30.4 Å². The van der Waals surface area contributed by atoms with Gasteiger partial charge < -0.3 is 24.5 Å². The summed E-state index contributed by atoms with van der Waals surface area (Å²) in [6, 6.07) is 8.45. The van der Waals surface area contributed by atoms with Crippen molar-refractivity contribution >= 4 is 26.7 Å². The number of ether oxygens (including phenoxy) is 3. The summed E-state index contributed by atoms with van der Waals surface area (Å²) in [5, 5.41) is -0.148. The van der Waals surface area contributed by atoms with Gasteiger partial charge in [-0.1, -0.05) is 19.8 Å². The minimum absolute atomic E-state index is 0.145. The Morgan fingerprint density at radius 3 is 2.15 bits per heavy atom. The molecule has 0 radical (unpaired) electrons. The smallest absolute Gasteiger partial charge is 0.328 e. The van der Waals surface area contributed by atoms with Gasteiger partial charge in [-0.05, 0) is 31.9 Å². The Balaban J connectivity index is 1.70. The standard InChI is InChI=1S/C28H38N6O6S/c1-5-11-38-20-13-21(39-12-9-7-6-8-10-29)15-22(14-20)40-26-17-25-24(33(3)28(35)34(25)4)16-23(26)31-41(36,37)27-18-32(2)19-30-27/h13-19,31H,5-12,29H2,1-4H3. The summed E-state index contributed by atoms with van der Waals surface area (Å²) in [6.45, 7) is 3.73.